The summed E-state index contributed by atoms with van der Waals surface area (Å²) in [4.78, 5) is 38.5. The Morgan fingerprint density at radius 3 is 2.25 bits per heavy atom. The number of hydrogen-bond acceptors (Lipinski definition) is 3. The number of likely N-dealkylation sites (tertiary alicyclic amines) is 1. The van der Waals surface area contributed by atoms with Crippen molar-refractivity contribution in [3.63, 3.8) is 0 Å². The molecule has 4 rings (SSSR count). The lowest BCUT2D eigenvalue weighted by molar-refractivity contribution is -0.140. The third-order valence-corrected chi connectivity index (χ3v) is 5.46. The summed E-state index contributed by atoms with van der Waals surface area (Å²) in [6.07, 6.45) is 5.21. The molecule has 1 saturated heterocycles. The number of hydrogen-bond donors (Lipinski definition) is 1. The second kappa shape index (κ2) is 5.58. The van der Waals surface area contributed by atoms with Gasteiger partial charge in [0.15, 0.2) is 0 Å². The van der Waals surface area contributed by atoms with Crippen LogP contribution in [-0.2, 0) is 14.4 Å². The summed E-state index contributed by atoms with van der Waals surface area (Å²) < 4.78 is 0. The summed E-state index contributed by atoms with van der Waals surface area (Å²) in [5.41, 5.74) is 1.85. The third-order valence-electron chi connectivity index (χ3n) is 5.46. The highest BCUT2D eigenvalue weighted by Gasteiger charge is 2.58. The summed E-state index contributed by atoms with van der Waals surface area (Å²) in [5.74, 6) is -0.321. The average Bonchev–Trinajstić information content (AvgIpc) is 3.23. The molecule has 0 spiro atoms. The fourth-order valence-electron chi connectivity index (χ4n) is 4.26. The molecule has 24 heavy (non-hydrogen) atoms. The quantitative estimate of drug-likeness (QED) is 0.681. The number of fused-ring (bicyclic) bond motifs is 5. The monoisotopic (exact) mass is 324 g/mol. The molecule has 5 heteroatoms. The number of rotatable bonds is 4. The van der Waals surface area contributed by atoms with Crippen molar-refractivity contribution in [3.05, 3.63) is 42.0 Å². The lowest BCUT2D eigenvalue weighted by Crippen LogP contribution is -2.35. The Morgan fingerprint density at radius 1 is 1.08 bits per heavy atom. The smallest absolute Gasteiger partial charge is 0.233 e. The molecule has 2 bridgehead atoms. The summed E-state index contributed by atoms with van der Waals surface area (Å²) >= 11 is 0. The van der Waals surface area contributed by atoms with Gasteiger partial charge in [-0.05, 0) is 37.3 Å². The number of benzene rings is 1. The van der Waals surface area contributed by atoms with E-state index in [0.717, 1.165) is 17.7 Å². The summed E-state index contributed by atoms with van der Waals surface area (Å²) in [7, 11) is 0. The van der Waals surface area contributed by atoms with Crippen molar-refractivity contribution in [2.24, 2.45) is 23.7 Å². The minimum atomic E-state index is -0.187. The number of carbonyl (C=O) groups is 3. The van der Waals surface area contributed by atoms with Gasteiger partial charge in [0.2, 0.25) is 17.7 Å². The van der Waals surface area contributed by atoms with Crippen LogP contribution in [0.5, 0.6) is 0 Å². The Bertz CT molecular complexity index is 707. The van der Waals surface area contributed by atoms with Crippen molar-refractivity contribution in [1.82, 2.24) is 4.90 Å². The van der Waals surface area contributed by atoms with Gasteiger partial charge in [0.1, 0.15) is 0 Å². The summed E-state index contributed by atoms with van der Waals surface area (Å²) in [5, 5.41) is 2.80. The molecule has 124 valence electrons. The first-order valence-corrected chi connectivity index (χ1v) is 8.44. The van der Waals surface area contributed by atoms with E-state index in [4.69, 9.17) is 0 Å². The first-order chi connectivity index (χ1) is 11.5. The molecular formula is C19H20N2O3. The zero-order valence-electron chi connectivity index (χ0n) is 13.6. The van der Waals surface area contributed by atoms with Gasteiger partial charge in [0, 0.05) is 18.7 Å². The molecular weight excluding hydrogens is 304 g/mol. The second-order valence-corrected chi connectivity index (χ2v) is 6.99. The number of nitrogens with zero attached hydrogens (tertiary/aromatic N) is 1. The van der Waals surface area contributed by atoms with E-state index >= 15 is 0 Å². The Balaban J connectivity index is 1.36. The molecule has 3 amide bonds. The number of anilines is 1. The summed E-state index contributed by atoms with van der Waals surface area (Å²) in [6, 6.07) is 7.53. The number of carbonyl (C=O) groups excluding carboxylic acids is 3. The van der Waals surface area contributed by atoms with Gasteiger partial charge < -0.3 is 5.32 Å². The molecule has 2 aliphatic carbocycles. The molecule has 0 radical (unpaired) electrons. The van der Waals surface area contributed by atoms with Crippen LogP contribution in [0.1, 0.15) is 18.4 Å². The van der Waals surface area contributed by atoms with Crippen molar-refractivity contribution >= 4 is 23.4 Å². The number of nitrogens with one attached hydrogen (secondary N) is 1. The largest absolute Gasteiger partial charge is 0.326 e. The zero-order chi connectivity index (χ0) is 16.8. The van der Waals surface area contributed by atoms with Gasteiger partial charge in [-0.2, -0.15) is 0 Å². The van der Waals surface area contributed by atoms with E-state index in [1.165, 1.54) is 4.90 Å². The number of allylic oxidation sites excluding steroid dienone is 2. The van der Waals surface area contributed by atoms with Crippen LogP contribution in [0.2, 0.25) is 0 Å². The Labute approximate surface area is 140 Å². The minimum Gasteiger partial charge on any atom is -0.326 e. The third kappa shape index (κ3) is 2.35. The maximum absolute atomic E-state index is 12.5. The second-order valence-electron chi connectivity index (χ2n) is 6.99. The van der Waals surface area contributed by atoms with Crippen LogP contribution in [0.25, 0.3) is 0 Å². The highest BCUT2D eigenvalue weighted by Crippen LogP contribution is 2.52. The summed E-state index contributed by atoms with van der Waals surface area (Å²) in [6.45, 7) is 2.15. The number of imide groups is 1. The zero-order valence-corrected chi connectivity index (χ0v) is 13.6. The highest BCUT2D eigenvalue weighted by atomic mass is 16.2. The van der Waals surface area contributed by atoms with Gasteiger partial charge in [0.05, 0.1) is 11.8 Å². The fraction of sp³-hybridized carbons (Fsp3) is 0.421. The van der Waals surface area contributed by atoms with E-state index in [2.05, 4.69) is 17.5 Å². The Hall–Kier alpha value is -2.43. The highest BCUT2D eigenvalue weighted by molar-refractivity contribution is 6.06. The van der Waals surface area contributed by atoms with Gasteiger partial charge in [-0.3, -0.25) is 19.3 Å². The molecule has 1 saturated carbocycles. The van der Waals surface area contributed by atoms with E-state index in [1.54, 1.807) is 0 Å². The molecule has 1 aromatic carbocycles. The van der Waals surface area contributed by atoms with Crippen LogP contribution >= 0.6 is 0 Å². The SMILES string of the molecule is Cc1ccc(NC(=O)CCN2C(=O)C3C4C=CC(C4)C3C2=O)cc1. The topological polar surface area (TPSA) is 66.5 Å². The molecule has 1 aromatic rings. The average molecular weight is 324 g/mol. The predicted molar refractivity (Wildman–Crippen MR) is 88.9 cm³/mol. The van der Waals surface area contributed by atoms with Crippen LogP contribution in [0.4, 0.5) is 5.69 Å². The van der Waals surface area contributed by atoms with E-state index in [-0.39, 0.29) is 54.4 Å². The first kappa shape index (κ1) is 15.1. The van der Waals surface area contributed by atoms with Gasteiger partial charge in [0.25, 0.3) is 0 Å². The van der Waals surface area contributed by atoms with Gasteiger partial charge in [-0.25, -0.2) is 0 Å². The van der Waals surface area contributed by atoms with E-state index in [0.29, 0.717) is 0 Å². The molecule has 5 nitrogen and oxygen atoms in total. The normalized spacial score (nSPS) is 30.1. The molecule has 2 fully saturated rings. The molecule has 4 unspecified atom stereocenters. The molecule has 1 N–H and O–H groups in total. The van der Waals surface area contributed by atoms with E-state index in [9.17, 15) is 14.4 Å². The molecule has 0 aromatic heterocycles. The molecule has 1 aliphatic heterocycles. The lowest BCUT2D eigenvalue weighted by Gasteiger charge is -2.16. The van der Waals surface area contributed by atoms with Crippen LogP contribution in [-0.4, -0.2) is 29.2 Å². The van der Waals surface area contributed by atoms with Crippen LogP contribution in [0.15, 0.2) is 36.4 Å². The van der Waals surface area contributed by atoms with Gasteiger partial charge in [-0.15, -0.1) is 0 Å². The van der Waals surface area contributed by atoms with Crippen molar-refractivity contribution in [2.45, 2.75) is 19.8 Å². The number of aryl methyl sites for hydroxylation is 1. The standard InChI is InChI=1S/C19H20N2O3/c1-11-2-6-14(7-3-11)20-15(22)8-9-21-18(23)16-12-4-5-13(10-12)17(16)19(21)24/h2-7,12-13,16-17H,8-10H2,1H3,(H,20,22). The number of amides is 3. The van der Waals surface area contributed by atoms with Gasteiger partial charge >= 0.3 is 0 Å². The van der Waals surface area contributed by atoms with Crippen molar-refractivity contribution in [1.29, 1.82) is 0 Å². The van der Waals surface area contributed by atoms with Crippen LogP contribution < -0.4 is 5.32 Å². The van der Waals surface area contributed by atoms with Crippen LogP contribution in [0.3, 0.4) is 0 Å². The maximum Gasteiger partial charge on any atom is 0.233 e. The van der Waals surface area contributed by atoms with E-state index < -0.39 is 0 Å². The molecule has 1 heterocycles. The van der Waals surface area contributed by atoms with Crippen molar-refractivity contribution in [2.75, 3.05) is 11.9 Å². The first-order valence-electron chi connectivity index (χ1n) is 8.44. The fourth-order valence-corrected chi connectivity index (χ4v) is 4.26. The maximum atomic E-state index is 12.5. The van der Waals surface area contributed by atoms with Crippen molar-refractivity contribution in [3.8, 4) is 0 Å². The Kier molecular flexibility index (Phi) is 3.52. The van der Waals surface area contributed by atoms with Gasteiger partial charge in [-0.1, -0.05) is 29.8 Å². The molecule has 4 atom stereocenters. The van der Waals surface area contributed by atoms with Crippen LogP contribution in [0, 0.1) is 30.6 Å². The molecule has 3 aliphatic rings. The van der Waals surface area contributed by atoms with E-state index in [1.807, 2.05) is 31.2 Å². The minimum absolute atomic E-state index is 0.0926. The Morgan fingerprint density at radius 2 is 1.67 bits per heavy atom. The van der Waals surface area contributed by atoms with Crippen molar-refractivity contribution < 1.29 is 14.4 Å². The predicted octanol–water partition coefficient (Wildman–Crippen LogP) is 2.13. The lowest BCUT2D eigenvalue weighted by atomic mass is 9.85.